The molecule has 0 amide bonds. The quantitative estimate of drug-likeness (QED) is 0.918. The van der Waals surface area contributed by atoms with Crippen molar-refractivity contribution in [3.05, 3.63) is 40.5 Å². The molecule has 1 heterocycles. The van der Waals surface area contributed by atoms with Crippen LogP contribution in [0.2, 0.25) is 5.02 Å². The van der Waals surface area contributed by atoms with Crippen LogP contribution in [0.3, 0.4) is 0 Å². The van der Waals surface area contributed by atoms with E-state index in [2.05, 4.69) is 15.3 Å². The van der Waals surface area contributed by atoms with Gasteiger partial charge in [-0.05, 0) is 44.5 Å². The third-order valence-electron chi connectivity index (χ3n) is 2.60. The predicted molar refractivity (Wildman–Crippen MR) is 77.2 cm³/mol. The summed E-state index contributed by atoms with van der Waals surface area (Å²) in [5.74, 6) is 1.86. The molecule has 100 valence electrons. The summed E-state index contributed by atoms with van der Waals surface area (Å²) in [6.07, 6.45) is 1.74. The van der Waals surface area contributed by atoms with Gasteiger partial charge in [0, 0.05) is 23.3 Å². The molecule has 0 saturated heterocycles. The van der Waals surface area contributed by atoms with Crippen molar-refractivity contribution < 1.29 is 4.74 Å². The molecule has 1 N–H and O–H groups in total. The SMILES string of the molecule is CCNc1ncc(C)c(Oc2ccc(Cl)cc2C)n1. The first kappa shape index (κ1) is 13.6. The molecule has 0 spiro atoms. The fraction of sp³-hybridized carbons (Fsp3) is 0.286. The maximum absolute atomic E-state index is 5.93. The van der Waals surface area contributed by atoms with Crippen molar-refractivity contribution in [3.63, 3.8) is 0 Å². The van der Waals surface area contributed by atoms with Gasteiger partial charge in [0.25, 0.3) is 0 Å². The number of hydrogen-bond donors (Lipinski definition) is 1. The fourth-order valence-corrected chi connectivity index (χ4v) is 1.83. The van der Waals surface area contributed by atoms with Crippen molar-refractivity contribution in [2.75, 3.05) is 11.9 Å². The molecular weight excluding hydrogens is 262 g/mol. The molecule has 19 heavy (non-hydrogen) atoms. The van der Waals surface area contributed by atoms with Crippen LogP contribution >= 0.6 is 11.6 Å². The molecule has 2 rings (SSSR count). The van der Waals surface area contributed by atoms with Gasteiger partial charge in [0.1, 0.15) is 5.75 Å². The van der Waals surface area contributed by atoms with Crippen LogP contribution in [0.5, 0.6) is 11.6 Å². The van der Waals surface area contributed by atoms with E-state index in [0.29, 0.717) is 16.9 Å². The van der Waals surface area contributed by atoms with E-state index in [9.17, 15) is 0 Å². The van der Waals surface area contributed by atoms with E-state index in [0.717, 1.165) is 23.4 Å². The van der Waals surface area contributed by atoms with E-state index in [1.807, 2.05) is 32.9 Å². The van der Waals surface area contributed by atoms with Gasteiger partial charge in [-0.15, -0.1) is 0 Å². The number of aromatic nitrogens is 2. The standard InChI is InChI=1S/C14H16ClN3O/c1-4-16-14-17-8-10(3)13(18-14)19-12-6-5-11(15)7-9(12)2/h5-8H,4H2,1-3H3,(H,16,17,18). The molecule has 0 aliphatic carbocycles. The molecule has 5 heteroatoms. The fourth-order valence-electron chi connectivity index (χ4n) is 1.60. The van der Waals surface area contributed by atoms with Crippen molar-refractivity contribution in [2.45, 2.75) is 20.8 Å². The minimum absolute atomic E-state index is 0.552. The Morgan fingerprint density at radius 3 is 2.74 bits per heavy atom. The van der Waals surface area contributed by atoms with Crippen molar-refractivity contribution in [3.8, 4) is 11.6 Å². The zero-order valence-corrected chi connectivity index (χ0v) is 12.0. The molecule has 0 atom stereocenters. The number of ether oxygens (including phenoxy) is 1. The summed E-state index contributed by atoms with van der Waals surface area (Å²) in [5.41, 5.74) is 1.85. The van der Waals surface area contributed by atoms with Crippen LogP contribution in [0.4, 0.5) is 5.95 Å². The lowest BCUT2D eigenvalue weighted by molar-refractivity contribution is 0.455. The van der Waals surface area contributed by atoms with Gasteiger partial charge in [-0.2, -0.15) is 4.98 Å². The molecule has 2 aromatic rings. The summed E-state index contributed by atoms with van der Waals surface area (Å²) in [7, 11) is 0. The highest BCUT2D eigenvalue weighted by atomic mass is 35.5. The Hall–Kier alpha value is -1.81. The van der Waals surface area contributed by atoms with Crippen LogP contribution in [0.1, 0.15) is 18.1 Å². The predicted octanol–water partition coefficient (Wildman–Crippen LogP) is 3.97. The third-order valence-corrected chi connectivity index (χ3v) is 2.84. The largest absolute Gasteiger partial charge is 0.438 e. The Morgan fingerprint density at radius 2 is 2.05 bits per heavy atom. The average Bonchev–Trinajstić information content (AvgIpc) is 2.37. The Balaban J connectivity index is 2.29. The molecular formula is C14H16ClN3O. The first-order valence-electron chi connectivity index (χ1n) is 6.11. The first-order chi connectivity index (χ1) is 9.10. The smallest absolute Gasteiger partial charge is 0.226 e. The van der Waals surface area contributed by atoms with Crippen molar-refractivity contribution in [1.82, 2.24) is 9.97 Å². The number of anilines is 1. The lowest BCUT2D eigenvalue weighted by Gasteiger charge is -2.11. The second kappa shape index (κ2) is 5.89. The summed E-state index contributed by atoms with van der Waals surface area (Å²) in [6.45, 7) is 6.62. The van der Waals surface area contributed by atoms with Gasteiger partial charge in [-0.3, -0.25) is 0 Å². The average molecular weight is 278 g/mol. The second-order valence-electron chi connectivity index (χ2n) is 4.22. The van der Waals surface area contributed by atoms with E-state index in [1.54, 1.807) is 12.3 Å². The van der Waals surface area contributed by atoms with Crippen LogP contribution in [0.25, 0.3) is 0 Å². The Morgan fingerprint density at radius 1 is 1.26 bits per heavy atom. The second-order valence-corrected chi connectivity index (χ2v) is 4.66. The van der Waals surface area contributed by atoms with Gasteiger partial charge in [0.05, 0.1) is 0 Å². The molecule has 0 unspecified atom stereocenters. The number of nitrogens with zero attached hydrogens (tertiary/aromatic N) is 2. The zero-order chi connectivity index (χ0) is 13.8. The first-order valence-corrected chi connectivity index (χ1v) is 6.49. The summed E-state index contributed by atoms with van der Waals surface area (Å²) in [4.78, 5) is 8.53. The van der Waals surface area contributed by atoms with Crippen LogP contribution in [0, 0.1) is 13.8 Å². The highest BCUT2D eigenvalue weighted by Crippen LogP contribution is 2.28. The van der Waals surface area contributed by atoms with Crippen LogP contribution < -0.4 is 10.1 Å². The molecule has 4 nitrogen and oxygen atoms in total. The van der Waals surface area contributed by atoms with Crippen LogP contribution in [-0.4, -0.2) is 16.5 Å². The van der Waals surface area contributed by atoms with Gasteiger partial charge < -0.3 is 10.1 Å². The topological polar surface area (TPSA) is 47.0 Å². The van der Waals surface area contributed by atoms with Gasteiger partial charge in [-0.25, -0.2) is 4.98 Å². The summed E-state index contributed by atoms with van der Waals surface area (Å²) < 4.78 is 5.83. The minimum Gasteiger partial charge on any atom is -0.438 e. The molecule has 1 aromatic carbocycles. The van der Waals surface area contributed by atoms with Crippen molar-refractivity contribution in [2.24, 2.45) is 0 Å². The Labute approximate surface area is 117 Å². The number of nitrogens with one attached hydrogen (secondary N) is 1. The highest BCUT2D eigenvalue weighted by Gasteiger charge is 2.08. The maximum atomic E-state index is 5.93. The third kappa shape index (κ3) is 3.35. The normalized spacial score (nSPS) is 10.3. The van der Waals surface area contributed by atoms with E-state index in [4.69, 9.17) is 16.3 Å². The molecule has 0 fully saturated rings. The number of rotatable bonds is 4. The lowest BCUT2D eigenvalue weighted by atomic mass is 10.2. The lowest BCUT2D eigenvalue weighted by Crippen LogP contribution is -2.04. The number of benzene rings is 1. The van der Waals surface area contributed by atoms with E-state index in [-0.39, 0.29) is 0 Å². The van der Waals surface area contributed by atoms with Gasteiger partial charge in [-0.1, -0.05) is 11.6 Å². The zero-order valence-electron chi connectivity index (χ0n) is 11.2. The van der Waals surface area contributed by atoms with Crippen LogP contribution in [-0.2, 0) is 0 Å². The molecule has 0 aliphatic rings. The Kier molecular flexibility index (Phi) is 4.22. The van der Waals surface area contributed by atoms with E-state index in [1.165, 1.54) is 0 Å². The molecule has 0 radical (unpaired) electrons. The molecule has 0 saturated carbocycles. The molecule has 0 bridgehead atoms. The molecule has 1 aromatic heterocycles. The van der Waals surface area contributed by atoms with Crippen molar-refractivity contribution >= 4 is 17.5 Å². The monoisotopic (exact) mass is 277 g/mol. The maximum Gasteiger partial charge on any atom is 0.226 e. The van der Waals surface area contributed by atoms with Crippen LogP contribution in [0.15, 0.2) is 24.4 Å². The number of aryl methyl sites for hydroxylation is 2. The van der Waals surface area contributed by atoms with E-state index < -0.39 is 0 Å². The number of halogens is 1. The molecule has 0 aliphatic heterocycles. The number of hydrogen-bond acceptors (Lipinski definition) is 4. The van der Waals surface area contributed by atoms with Gasteiger partial charge in [0.2, 0.25) is 11.8 Å². The summed E-state index contributed by atoms with van der Waals surface area (Å²) >= 11 is 5.93. The minimum atomic E-state index is 0.552. The van der Waals surface area contributed by atoms with E-state index >= 15 is 0 Å². The highest BCUT2D eigenvalue weighted by molar-refractivity contribution is 6.30. The Bertz CT molecular complexity index is 587. The summed E-state index contributed by atoms with van der Waals surface area (Å²) in [5, 5.41) is 3.75. The van der Waals surface area contributed by atoms with Gasteiger partial charge in [0.15, 0.2) is 0 Å². The van der Waals surface area contributed by atoms with Gasteiger partial charge >= 0.3 is 0 Å². The van der Waals surface area contributed by atoms with Crippen molar-refractivity contribution in [1.29, 1.82) is 0 Å². The summed E-state index contributed by atoms with van der Waals surface area (Å²) in [6, 6.07) is 5.50.